The van der Waals surface area contributed by atoms with E-state index in [2.05, 4.69) is 22.2 Å². The molecule has 0 aromatic carbocycles. The largest absolute Gasteiger partial charge is 0.348 e. The molecule has 1 aliphatic rings. The number of aromatic amines is 1. The Labute approximate surface area is 127 Å². The van der Waals surface area contributed by atoms with Crippen molar-refractivity contribution >= 4 is 10.0 Å². The second kappa shape index (κ2) is 6.89. The summed E-state index contributed by atoms with van der Waals surface area (Å²) in [5.41, 5.74) is 0. The molecule has 0 spiro atoms. The fourth-order valence-corrected chi connectivity index (χ4v) is 4.19. The van der Waals surface area contributed by atoms with E-state index >= 15 is 0 Å². The lowest BCUT2D eigenvalue weighted by Gasteiger charge is -2.38. The van der Waals surface area contributed by atoms with Crippen LogP contribution in [0.25, 0.3) is 0 Å². The number of piperidine rings is 1. The van der Waals surface area contributed by atoms with Crippen LogP contribution in [0.4, 0.5) is 0 Å². The smallest absolute Gasteiger partial charge is 0.216 e. The topological polar surface area (TPSA) is 78.1 Å². The Morgan fingerprint density at radius 3 is 2.86 bits per heavy atom. The maximum absolute atomic E-state index is 12.3. The van der Waals surface area contributed by atoms with Crippen molar-refractivity contribution in [1.29, 1.82) is 0 Å². The van der Waals surface area contributed by atoms with Gasteiger partial charge in [-0.2, -0.15) is 0 Å². The molecule has 1 aromatic heterocycles. The second-order valence-corrected chi connectivity index (χ2v) is 8.42. The zero-order chi connectivity index (χ0) is 15.5. The van der Waals surface area contributed by atoms with Crippen LogP contribution < -0.4 is 5.32 Å². The quantitative estimate of drug-likeness (QED) is 0.830. The molecule has 2 rings (SSSR count). The van der Waals surface area contributed by atoms with Gasteiger partial charge in [0.15, 0.2) is 0 Å². The summed E-state index contributed by atoms with van der Waals surface area (Å²) in [6, 6.07) is 0.346. The average Bonchev–Trinajstić information content (AvgIpc) is 2.97. The van der Waals surface area contributed by atoms with Gasteiger partial charge in [0.05, 0.1) is 11.8 Å². The minimum Gasteiger partial charge on any atom is -0.348 e. The summed E-state index contributed by atoms with van der Waals surface area (Å²) >= 11 is 0. The van der Waals surface area contributed by atoms with Crippen molar-refractivity contribution < 1.29 is 8.42 Å². The van der Waals surface area contributed by atoms with Crippen molar-refractivity contribution in [1.82, 2.24) is 19.6 Å². The maximum atomic E-state index is 12.3. The number of sulfonamides is 1. The van der Waals surface area contributed by atoms with Crippen LogP contribution in [-0.2, 0) is 16.6 Å². The number of hydrogen-bond acceptors (Lipinski definition) is 4. The number of aromatic nitrogens is 2. The highest BCUT2D eigenvalue weighted by Crippen LogP contribution is 2.24. The molecule has 1 saturated heterocycles. The highest BCUT2D eigenvalue weighted by Gasteiger charge is 2.35. The highest BCUT2D eigenvalue weighted by atomic mass is 32.2. The van der Waals surface area contributed by atoms with Crippen LogP contribution in [0.2, 0.25) is 0 Å². The predicted octanol–water partition coefficient (Wildman–Crippen LogP) is 1.34. The van der Waals surface area contributed by atoms with Gasteiger partial charge in [0.1, 0.15) is 5.82 Å². The van der Waals surface area contributed by atoms with Crippen molar-refractivity contribution in [2.24, 2.45) is 5.92 Å². The Bertz CT molecular complexity index is 527. The number of H-pyrrole nitrogens is 1. The molecule has 2 N–H and O–H groups in total. The summed E-state index contributed by atoms with van der Waals surface area (Å²) in [6.45, 7) is 7.54. The van der Waals surface area contributed by atoms with Crippen molar-refractivity contribution in [2.75, 3.05) is 13.1 Å². The standard InChI is InChI=1S/C14H26N4O2S/c1-4-12-10-18(21(19,20)11(2)3)8-5-13(12)17-9-14-15-6-7-16-14/h6-7,11-13,17H,4-5,8-10H2,1-3H3,(H,15,16)/t12-,13+/m0/s1. The molecule has 0 radical (unpaired) electrons. The monoisotopic (exact) mass is 314 g/mol. The van der Waals surface area contributed by atoms with E-state index in [1.807, 2.05) is 6.20 Å². The number of imidazole rings is 1. The molecule has 0 saturated carbocycles. The minimum absolute atomic E-state index is 0.345. The first-order chi connectivity index (χ1) is 9.95. The third-order valence-corrected chi connectivity index (χ3v) is 6.51. The first-order valence-electron chi connectivity index (χ1n) is 7.65. The van der Waals surface area contributed by atoms with Crippen LogP contribution in [0, 0.1) is 5.92 Å². The molecule has 1 aliphatic heterocycles. The van der Waals surface area contributed by atoms with Gasteiger partial charge in [0, 0.05) is 31.5 Å². The Kier molecular flexibility index (Phi) is 5.40. The molecule has 120 valence electrons. The van der Waals surface area contributed by atoms with E-state index < -0.39 is 10.0 Å². The molecule has 7 heteroatoms. The number of rotatable bonds is 6. The van der Waals surface area contributed by atoms with Gasteiger partial charge < -0.3 is 10.3 Å². The maximum Gasteiger partial charge on any atom is 0.216 e. The summed E-state index contributed by atoms with van der Waals surface area (Å²) in [4.78, 5) is 7.28. The average molecular weight is 314 g/mol. The third kappa shape index (κ3) is 3.84. The van der Waals surface area contributed by atoms with E-state index in [-0.39, 0.29) is 5.25 Å². The molecule has 0 bridgehead atoms. The highest BCUT2D eigenvalue weighted by molar-refractivity contribution is 7.89. The third-order valence-electron chi connectivity index (χ3n) is 4.26. The summed E-state index contributed by atoms with van der Waals surface area (Å²) < 4.78 is 26.2. The molecule has 0 amide bonds. The first-order valence-corrected chi connectivity index (χ1v) is 9.16. The predicted molar refractivity (Wildman–Crippen MR) is 83.2 cm³/mol. The molecular formula is C14H26N4O2S. The van der Waals surface area contributed by atoms with Gasteiger partial charge in [0.25, 0.3) is 0 Å². The Morgan fingerprint density at radius 1 is 1.52 bits per heavy atom. The van der Waals surface area contributed by atoms with Gasteiger partial charge in [-0.1, -0.05) is 13.3 Å². The summed E-state index contributed by atoms with van der Waals surface area (Å²) in [5.74, 6) is 1.27. The Balaban J connectivity index is 1.95. The van der Waals surface area contributed by atoms with Crippen molar-refractivity contribution in [3.63, 3.8) is 0 Å². The molecule has 2 heterocycles. The lowest BCUT2D eigenvalue weighted by molar-refractivity contribution is 0.199. The Hall–Kier alpha value is -0.920. The van der Waals surface area contributed by atoms with Crippen LogP contribution in [-0.4, -0.2) is 47.1 Å². The van der Waals surface area contributed by atoms with Crippen LogP contribution in [0.3, 0.4) is 0 Å². The van der Waals surface area contributed by atoms with Gasteiger partial charge in [-0.15, -0.1) is 0 Å². The van der Waals surface area contributed by atoms with Crippen LogP contribution in [0.5, 0.6) is 0 Å². The minimum atomic E-state index is -3.14. The van der Waals surface area contributed by atoms with Crippen molar-refractivity contribution in [3.8, 4) is 0 Å². The van der Waals surface area contributed by atoms with Crippen LogP contribution in [0.1, 0.15) is 39.4 Å². The fraction of sp³-hybridized carbons (Fsp3) is 0.786. The zero-order valence-corrected chi connectivity index (χ0v) is 13.9. The summed E-state index contributed by atoms with van der Waals surface area (Å²) in [5, 5.41) is 3.17. The second-order valence-electron chi connectivity index (χ2n) is 5.93. The molecular weight excluding hydrogens is 288 g/mol. The van der Waals surface area contributed by atoms with E-state index in [1.54, 1.807) is 24.3 Å². The lowest BCUT2D eigenvalue weighted by atomic mass is 9.91. The van der Waals surface area contributed by atoms with E-state index in [1.165, 1.54) is 0 Å². The SMILES string of the molecule is CC[C@H]1CN(S(=O)(=O)C(C)C)CC[C@H]1NCc1ncc[nH]1. The summed E-state index contributed by atoms with van der Waals surface area (Å²) in [6.07, 6.45) is 5.38. The van der Waals surface area contributed by atoms with Crippen LogP contribution >= 0.6 is 0 Å². The fourth-order valence-electron chi connectivity index (χ4n) is 2.83. The van der Waals surface area contributed by atoms with Gasteiger partial charge in [0.2, 0.25) is 10.0 Å². The van der Waals surface area contributed by atoms with E-state index in [0.29, 0.717) is 31.6 Å². The molecule has 0 aliphatic carbocycles. The van der Waals surface area contributed by atoms with Gasteiger partial charge in [-0.25, -0.2) is 17.7 Å². The molecule has 2 atom stereocenters. The van der Waals surface area contributed by atoms with Gasteiger partial charge >= 0.3 is 0 Å². The van der Waals surface area contributed by atoms with Crippen molar-refractivity contribution in [2.45, 2.75) is 51.4 Å². The van der Waals surface area contributed by atoms with Crippen molar-refractivity contribution in [3.05, 3.63) is 18.2 Å². The molecule has 1 aromatic rings. The molecule has 1 fully saturated rings. The normalized spacial score (nSPS) is 24.6. The Morgan fingerprint density at radius 2 is 2.29 bits per heavy atom. The zero-order valence-electron chi connectivity index (χ0n) is 13.0. The molecule has 21 heavy (non-hydrogen) atoms. The molecule has 6 nitrogen and oxygen atoms in total. The van der Waals surface area contributed by atoms with Gasteiger partial charge in [-0.3, -0.25) is 0 Å². The van der Waals surface area contributed by atoms with E-state index in [4.69, 9.17) is 0 Å². The lowest BCUT2D eigenvalue weighted by Crippen LogP contribution is -2.52. The van der Waals surface area contributed by atoms with E-state index in [9.17, 15) is 8.42 Å². The number of nitrogens with zero attached hydrogens (tertiary/aromatic N) is 2. The first kappa shape index (κ1) is 16.5. The van der Waals surface area contributed by atoms with Crippen LogP contribution in [0.15, 0.2) is 12.4 Å². The molecule has 0 unspecified atom stereocenters. The number of nitrogens with one attached hydrogen (secondary N) is 2. The summed E-state index contributed by atoms with van der Waals surface area (Å²) in [7, 11) is -3.14. The van der Waals surface area contributed by atoms with E-state index in [0.717, 1.165) is 18.7 Å². The van der Waals surface area contributed by atoms with Gasteiger partial charge in [-0.05, 0) is 26.2 Å². The number of hydrogen-bond donors (Lipinski definition) is 2.